The highest BCUT2D eigenvalue weighted by atomic mass is 16.5. The van der Waals surface area contributed by atoms with E-state index in [0.717, 1.165) is 44.4 Å². The summed E-state index contributed by atoms with van der Waals surface area (Å²) in [6.45, 7) is 11.4. The van der Waals surface area contributed by atoms with Gasteiger partial charge in [-0.15, -0.1) is 0 Å². The molecule has 0 saturated carbocycles. The van der Waals surface area contributed by atoms with Gasteiger partial charge in [0.25, 0.3) is 11.8 Å². The molecule has 6 bridgehead atoms. The number of aromatic hydroxyl groups is 1. The Balaban J connectivity index is 1.35. The minimum absolute atomic E-state index is 0.00124. The Bertz CT molecular complexity index is 2420. The number of benzene rings is 2. The molecule has 5 heterocycles. The molecule has 0 aliphatic carbocycles. The van der Waals surface area contributed by atoms with Crippen LogP contribution in [0.2, 0.25) is 0 Å². The maximum atomic E-state index is 14.6. The van der Waals surface area contributed by atoms with Crippen LogP contribution in [0.1, 0.15) is 74.8 Å². The number of aromatic amines is 1. The number of esters is 1. The Labute approximate surface area is 355 Å². The van der Waals surface area contributed by atoms with Crippen LogP contribution < -0.4 is 10.7 Å². The van der Waals surface area contributed by atoms with Crippen LogP contribution in [-0.2, 0) is 49.9 Å². The zero-order valence-electron chi connectivity index (χ0n) is 35.9. The van der Waals surface area contributed by atoms with Crippen LogP contribution in [0.4, 0.5) is 0 Å². The van der Waals surface area contributed by atoms with Crippen molar-refractivity contribution in [2.24, 2.45) is 11.3 Å². The molecule has 2 aliphatic rings. The molecule has 1 saturated heterocycles. The SMILES string of the molecule is CCn1c(-c2cnccc2COC)c2c3cc(ccc31)-c1cc(O)cc(c1)C[C@H](NC(=O)[C@H](C(C)C)N(C)C(=O)c1ncc[nH]1)C(=O)N1CCC[C@H](N1)C(=O)OCC(C)(C)C2. The van der Waals surface area contributed by atoms with E-state index in [9.17, 15) is 24.3 Å². The van der Waals surface area contributed by atoms with Crippen molar-refractivity contribution < 1.29 is 33.8 Å². The van der Waals surface area contributed by atoms with Gasteiger partial charge in [-0.2, -0.15) is 0 Å². The summed E-state index contributed by atoms with van der Waals surface area (Å²) in [6, 6.07) is 10.5. The van der Waals surface area contributed by atoms with Gasteiger partial charge in [0.1, 0.15) is 23.9 Å². The quantitative estimate of drug-likeness (QED) is 0.140. The van der Waals surface area contributed by atoms with Crippen molar-refractivity contribution >= 4 is 34.6 Å². The first-order chi connectivity index (χ1) is 29.2. The molecule has 0 spiro atoms. The highest BCUT2D eigenvalue weighted by Crippen LogP contribution is 2.41. The van der Waals surface area contributed by atoms with E-state index >= 15 is 0 Å². The number of nitrogens with one attached hydrogen (secondary N) is 3. The highest BCUT2D eigenvalue weighted by Gasteiger charge is 2.38. The number of H-pyrrole nitrogens is 1. The molecule has 15 nitrogen and oxygen atoms in total. The fourth-order valence-corrected chi connectivity index (χ4v) is 8.79. The Hall–Kier alpha value is -6.06. The third kappa shape index (κ3) is 9.03. The predicted molar refractivity (Wildman–Crippen MR) is 230 cm³/mol. The molecule has 1 fully saturated rings. The number of methoxy groups -OCH3 is 1. The summed E-state index contributed by atoms with van der Waals surface area (Å²) in [5, 5.41) is 16.6. The summed E-state index contributed by atoms with van der Waals surface area (Å²) >= 11 is 0. The van der Waals surface area contributed by atoms with E-state index in [4.69, 9.17) is 9.47 Å². The summed E-state index contributed by atoms with van der Waals surface area (Å²) in [4.78, 5) is 68.7. The summed E-state index contributed by atoms with van der Waals surface area (Å²) in [5.41, 5.74) is 9.77. The third-order valence-corrected chi connectivity index (χ3v) is 11.7. The maximum absolute atomic E-state index is 14.6. The smallest absolute Gasteiger partial charge is 0.324 e. The lowest BCUT2D eigenvalue weighted by atomic mass is 9.84. The van der Waals surface area contributed by atoms with Gasteiger partial charge in [0.15, 0.2) is 5.82 Å². The molecule has 0 radical (unpaired) electrons. The van der Waals surface area contributed by atoms with Gasteiger partial charge < -0.3 is 34.3 Å². The Morgan fingerprint density at radius 3 is 2.64 bits per heavy atom. The number of hydrogen-bond acceptors (Lipinski definition) is 10. The van der Waals surface area contributed by atoms with Crippen LogP contribution in [0, 0.1) is 11.3 Å². The molecule has 2 aromatic carbocycles. The summed E-state index contributed by atoms with van der Waals surface area (Å²) in [7, 11) is 3.20. The van der Waals surface area contributed by atoms with Crippen LogP contribution in [0.15, 0.2) is 67.3 Å². The van der Waals surface area contributed by atoms with Gasteiger partial charge in [0.2, 0.25) is 5.91 Å². The van der Waals surface area contributed by atoms with Crippen molar-refractivity contribution in [3.63, 3.8) is 0 Å². The standard InChI is InChI=1S/C46H56N8O7/c1-8-53-38-12-11-29-22-33(38)34(40(53)35-24-47-14-13-30(35)25-60-7)23-46(4,5)26-61-45(59)36-10-9-17-54(51-36)43(57)37(20-28-18-31(29)21-32(55)19-28)50-42(56)39(27(2)3)52(6)44(58)41-48-15-16-49-41/h11-16,18-19,21-22,24,27,36-37,39,51,55H,8-10,17,20,23,25-26H2,1-7H3,(H,48,49)(H,50,56)/t36-,37-,39-/m0/s1. The molecule has 61 heavy (non-hydrogen) atoms. The molecule has 15 heteroatoms. The second-order valence-corrected chi connectivity index (χ2v) is 17.2. The largest absolute Gasteiger partial charge is 0.508 e. The number of hydrazine groups is 1. The minimum Gasteiger partial charge on any atom is -0.508 e. The van der Waals surface area contributed by atoms with Gasteiger partial charge in [0, 0.05) is 80.3 Å². The minimum atomic E-state index is -1.15. The van der Waals surface area contributed by atoms with Gasteiger partial charge in [0.05, 0.1) is 18.9 Å². The second kappa shape index (κ2) is 17.9. The van der Waals surface area contributed by atoms with Crippen LogP contribution in [0.3, 0.4) is 0 Å². The summed E-state index contributed by atoms with van der Waals surface area (Å²) in [6.07, 6.45) is 8.15. The maximum Gasteiger partial charge on any atom is 0.324 e. The van der Waals surface area contributed by atoms with Crippen molar-refractivity contribution in [2.45, 2.75) is 91.6 Å². The lowest BCUT2D eigenvalue weighted by molar-refractivity contribution is -0.155. The normalized spacial score (nSPS) is 18.7. The number of cyclic esters (lactones) is 1. The van der Waals surface area contributed by atoms with Gasteiger partial charge >= 0.3 is 5.97 Å². The van der Waals surface area contributed by atoms with Crippen molar-refractivity contribution in [3.8, 4) is 28.1 Å². The van der Waals surface area contributed by atoms with Gasteiger partial charge in [-0.25, -0.2) is 10.4 Å². The van der Waals surface area contributed by atoms with Crippen molar-refractivity contribution in [3.05, 3.63) is 89.8 Å². The lowest BCUT2D eigenvalue weighted by Gasteiger charge is -2.36. The number of pyridine rings is 1. The Morgan fingerprint density at radius 1 is 1.11 bits per heavy atom. The molecular formula is C46H56N8O7. The Morgan fingerprint density at radius 2 is 1.92 bits per heavy atom. The molecule has 4 N–H and O–H groups in total. The van der Waals surface area contributed by atoms with E-state index in [0.29, 0.717) is 38.0 Å². The molecule has 0 unspecified atom stereocenters. The molecule has 5 aromatic rings. The predicted octanol–water partition coefficient (Wildman–Crippen LogP) is 5.41. The molecule has 3 atom stereocenters. The first kappa shape index (κ1) is 43.0. The van der Waals surface area contributed by atoms with E-state index in [1.165, 1.54) is 29.4 Å². The number of amides is 3. The lowest BCUT2D eigenvalue weighted by Crippen LogP contribution is -2.62. The number of aryl methyl sites for hydroxylation is 1. The van der Waals surface area contributed by atoms with Gasteiger partial charge in [-0.3, -0.25) is 29.2 Å². The van der Waals surface area contributed by atoms with E-state index in [-0.39, 0.29) is 37.1 Å². The van der Waals surface area contributed by atoms with E-state index in [1.807, 2.05) is 38.2 Å². The van der Waals surface area contributed by atoms with Crippen LogP contribution >= 0.6 is 0 Å². The van der Waals surface area contributed by atoms with Crippen LogP contribution in [0.25, 0.3) is 33.3 Å². The topological polar surface area (TPSA) is 184 Å². The van der Waals surface area contributed by atoms with Crippen molar-refractivity contribution in [2.75, 3.05) is 27.3 Å². The average molecular weight is 833 g/mol. The van der Waals surface area contributed by atoms with Gasteiger partial charge in [-0.1, -0.05) is 39.8 Å². The summed E-state index contributed by atoms with van der Waals surface area (Å²) in [5.74, 6) is -2.22. The van der Waals surface area contributed by atoms with Crippen LogP contribution in [0.5, 0.6) is 5.75 Å². The number of carbonyl (C=O) groups is 4. The number of imidazole rings is 1. The average Bonchev–Trinajstić information content (AvgIpc) is 3.88. The molecule has 7 rings (SSSR count). The Kier molecular flexibility index (Phi) is 12.6. The highest BCUT2D eigenvalue weighted by molar-refractivity contribution is 5.97. The number of rotatable bonds is 9. The van der Waals surface area contributed by atoms with Crippen molar-refractivity contribution in [1.29, 1.82) is 0 Å². The van der Waals surface area contributed by atoms with Gasteiger partial charge in [-0.05, 0) is 90.3 Å². The number of carbonyl (C=O) groups excluding carboxylic acids is 4. The van der Waals surface area contributed by atoms with E-state index in [2.05, 4.69) is 63.2 Å². The zero-order chi connectivity index (χ0) is 43.6. The molecule has 322 valence electrons. The number of phenols is 1. The van der Waals surface area contributed by atoms with Crippen molar-refractivity contribution in [1.82, 2.24) is 40.2 Å². The number of ether oxygens (including phenoxy) is 2. The molecular weight excluding hydrogens is 777 g/mol. The number of aromatic nitrogens is 4. The number of phenolic OH excluding ortho intramolecular Hbond substituents is 1. The summed E-state index contributed by atoms with van der Waals surface area (Å²) < 4.78 is 14.0. The third-order valence-electron chi connectivity index (χ3n) is 11.7. The number of fused-ring (bicyclic) bond motifs is 6. The second-order valence-electron chi connectivity index (χ2n) is 17.2. The number of hydrogen-bond donors (Lipinski definition) is 4. The van der Waals surface area contributed by atoms with Crippen LogP contribution in [-0.4, -0.2) is 104 Å². The number of nitrogens with zero attached hydrogens (tertiary/aromatic N) is 5. The monoisotopic (exact) mass is 832 g/mol. The molecule has 3 aromatic heterocycles. The zero-order valence-corrected chi connectivity index (χ0v) is 35.9. The number of likely N-dealkylation sites (N-methyl/N-ethyl adjacent to an activating group) is 1. The van der Waals surface area contributed by atoms with E-state index < -0.39 is 47.2 Å². The fraction of sp³-hybridized carbons (Fsp3) is 0.435. The molecule has 2 aliphatic heterocycles. The first-order valence-corrected chi connectivity index (χ1v) is 20.9. The molecule has 3 amide bonds. The van der Waals surface area contributed by atoms with E-state index in [1.54, 1.807) is 25.4 Å². The first-order valence-electron chi connectivity index (χ1n) is 20.9. The fourth-order valence-electron chi connectivity index (χ4n) is 8.79.